The highest BCUT2D eigenvalue weighted by Gasteiger charge is 2.31. The van der Waals surface area contributed by atoms with E-state index in [2.05, 4.69) is 15.5 Å². The summed E-state index contributed by atoms with van der Waals surface area (Å²) in [7, 11) is -3.45. The second kappa shape index (κ2) is 5.77. The first-order chi connectivity index (χ1) is 10.5. The number of tetrazole rings is 1. The molecule has 7 nitrogen and oxygen atoms in total. The third-order valence-corrected chi connectivity index (χ3v) is 6.12. The Kier molecular flexibility index (Phi) is 3.96. The lowest BCUT2D eigenvalue weighted by Crippen LogP contribution is -2.41. The summed E-state index contributed by atoms with van der Waals surface area (Å²) in [6, 6.07) is 5.11. The zero-order valence-electron chi connectivity index (χ0n) is 12.7. The fourth-order valence-corrected chi connectivity index (χ4v) is 4.67. The van der Waals surface area contributed by atoms with E-state index in [1.807, 2.05) is 13.8 Å². The van der Waals surface area contributed by atoms with Gasteiger partial charge in [0.1, 0.15) is 6.33 Å². The highest BCUT2D eigenvalue weighted by atomic mass is 32.2. The Hall–Kier alpha value is -1.80. The van der Waals surface area contributed by atoms with Crippen molar-refractivity contribution in [3.63, 3.8) is 0 Å². The summed E-state index contributed by atoms with van der Waals surface area (Å²) in [4.78, 5) is 0.329. The molecule has 0 spiro atoms. The Balaban J connectivity index is 1.96. The smallest absolute Gasteiger partial charge is 0.207 e. The molecular weight excluding hydrogens is 302 g/mol. The highest BCUT2D eigenvalue weighted by Crippen LogP contribution is 2.26. The van der Waals surface area contributed by atoms with Gasteiger partial charge < -0.3 is 0 Å². The lowest BCUT2D eigenvalue weighted by atomic mass is 10.1. The molecule has 22 heavy (non-hydrogen) atoms. The van der Waals surface area contributed by atoms with E-state index in [1.54, 1.807) is 22.5 Å². The normalized spacial score (nSPS) is 20.2. The van der Waals surface area contributed by atoms with Gasteiger partial charge in [-0.25, -0.2) is 13.1 Å². The van der Waals surface area contributed by atoms with Crippen LogP contribution in [-0.2, 0) is 10.0 Å². The van der Waals surface area contributed by atoms with E-state index < -0.39 is 10.0 Å². The van der Waals surface area contributed by atoms with E-state index in [0.29, 0.717) is 11.4 Å². The summed E-state index contributed by atoms with van der Waals surface area (Å²) in [5, 5.41) is 11.0. The van der Waals surface area contributed by atoms with Crippen LogP contribution in [0.5, 0.6) is 0 Å². The Morgan fingerprint density at radius 1 is 1.27 bits per heavy atom. The van der Waals surface area contributed by atoms with Crippen LogP contribution in [0.4, 0.5) is 0 Å². The van der Waals surface area contributed by atoms with Crippen molar-refractivity contribution in [2.45, 2.75) is 44.0 Å². The molecule has 1 aromatic carbocycles. The third-order valence-electron chi connectivity index (χ3n) is 4.11. The number of benzene rings is 1. The minimum absolute atomic E-state index is 0.0539. The van der Waals surface area contributed by atoms with Crippen molar-refractivity contribution >= 4 is 10.0 Å². The van der Waals surface area contributed by atoms with Gasteiger partial charge in [0, 0.05) is 12.6 Å². The molecule has 0 N–H and O–H groups in total. The molecule has 1 aliphatic rings. The van der Waals surface area contributed by atoms with Gasteiger partial charge >= 0.3 is 0 Å². The van der Waals surface area contributed by atoms with Gasteiger partial charge in [-0.3, -0.25) is 0 Å². The minimum atomic E-state index is -3.45. The van der Waals surface area contributed by atoms with Gasteiger partial charge in [0.15, 0.2) is 0 Å². The quantitative estimate of drug-likeness (QED) is 0.856. The molecule has 2 aromatic rings. The zero-order chi connectivity index (χ0) is 15.7. The Morgan fingerprint density at radius 2 is 2.09 bits per heavy atom. The maximum absolute atomic E-state index is 12.8. The van der Waals surface area contributed by atoms with Crippen LogP contribution in [0, 0.1) is 6.92 Å². The Morgan fingerprint density at radius 3 is 2.73 bits per heavy atom. The van der Waals surface area contributed by atoms with Crippen LogP contribution in [0.3, 0.4) is 0 Å². The van der Waals surface area contributed by atoms with E-state index in [1.165, 1.54) is 11.0 Å². The van der Waals surface area contributed by atoms with Gasteiger partial charge in [0.25, 0.3) is 0 Å². The number of sulfonamides is 1. The van der Waals surface area contributed by atoms with Gasteiger partial charge in [-0.2, -0.15) is 4.31 Å². The van der Waals surface area contributed by atoms with Crippen LogP contribution in [0.1, 0.15) is 31.7 Å². The molecule has 1 aliphatic heterocycles. The molecule has 0 unspecified atom stereocenters. The second-order valence-corrected chi connectivity index (χ2v) is 7.55. The summed E-state index contributed by atoms with van der Waals surface area (Å²) < 4.78 is 28.8. The zero-order valence-corrected chi connectivity index (χ0v) is 13.5. The molecule has 1 aromatic heterocycles. The molecule has 0 amide bonds. The molecule has 0 saturated carbocycles. The third kappa shape index (κ3) is 2.64. The van der Waals surface area contributed by atoms with Crippen molar-refractivity contribution in [2.24, 2.45) is 0 Å². The van der Waals surface area contributed by atoms with Crippen LogP contribution in [0.25, 0.3) is 5.69 Å². The highest BCUT2D eigenvalue weighted by molar-refractivity contribution is 7.89. The molecule has 118 valence electrons. The average molecular weight is 321 g/mol. The van der Waals surface area contributed by atoms with Crippen molar-refractivity contribution in [3.8, 4) is 5.69 Å². The van der Waals surface area contributed by atoms with Crippen LogP contribution >= 0.6 is 0 Å². The first-order valence-electron chi connectivity index (χ1n) is 7.36. The number of nitrogens with zero attached hydrogens (tertiary/aromatic N) is 5. The van der Waals surface area contributed by atoms with Crippen LogP contribution in [0.15, 0.2) is 29.4 Å². The molecule has 1 atom stereocenters. The van der Waals surface area contributed by atoms with E-state index in [-0.39, 0.29) is 6.04 Å². The SMILES string of the molecule is Cc1cc(S(=O)(=O)N2CCCC[C@H]2C)ccc1-n1cnnn1. The number of hydrogen-bond donors (Lipinski definition) is 0. The van der Waals surface area contributed by atoms with Gasteiger partial charge in [-0.15, -0.1) is 5.10 Å². The van der Waals surface area contributed by atoms with E-state index in [4.69, 9.17) is 0 Å². The van der Waals surface area contributed by atoms with E-state index in [0.717, 1.165) is 30.5 Å². The van der Waals surface area contributed by atoms with Gasteiger partial charge in [-0.05, 0) is 60.9 Å². The lowest BCUT2D eigenvalue weighted by molar-refractivity contribution is 0.268. The van der Waals surface area contributed by atoms with Crippen molar-refractivity contribution in [1.29, 1.82) is 0 Å². The van der Waals surface area contributed by atoms with Crippen molar-refractivity contribution in [3.05, 3.63) is 30.1 Å². The predicted molar refractivity (Wildman–Crippen MR) is 81.1 cm³/mol. The molecule has 0 aliphatic carbocycles. The molecule has 8 heteroatoms. The number of rotatable bonds is 3. The van der Waals surface area contributed by atoms with E-state index >= 15 is 0 Å². The number of aryl methyl sites for hydroxylation is 1. The van der Waals surface area contributed by atoms with Crippen molar-refractivity contribution in [1.82, 2.24) is 24.5 Å². The maximum Gasteiger partial charge on any atom is 0.243 e. The average Bonchev–Trinajstić information content (AvgIpc) is 3.01. The number of hydrogen-bond acceptors (Lipinski definition) is 5. The summed E-state index contributed by atoms with van der Waals surface area (Å²) >= 11 is 0. The summed E-state index contributed by atoms with van der Waals surface area (Å²) in [5.41, 5.74) is 1.59. The molecule has 0 radical (unpaired) electrons. The fourth-order valence-electron chi connectivity index (χ4n) is 2.88. The van der Waals surface area contributed by atoms with Crippen LogP contribution < -0.4 is 0 Å². The number of piperidine rings is 1. The Bertz CT molecular complexity index is 758. The first kappa shape index (κ1) is 15.1. The van der Waals surface area contributed by atoms with Gasteiger partial charge in [0.05, 0.1) is 10.6 Å². The van der Waals surface area contributed by atoms with E-state index in [9.17, 15) is 8.42 Å². The maximum atomic E-state index is 12.8. The fraction of sp³-hybridized carbons (Fsp3) is 0.500. The molecule has 1 saturated heterocycles. The lowest BCUT2D eigenvalue weighted by Gasteiger charge is -2.32. The molecular formula is C14H19N5O2S. The largest absolute Gasteiger partial charge is 0.243 e. The predicted octanol–water partition coefficient (Wildman–Crippen LogP) is 1.53. The topological polar surface area (TPSA) is 81.0 Å². The standard InChI is InChI=1S/C14H19N5O2S/c1-11-9-13(6-7-14(11)18-10-15-16-17-18)22(20,21)19-8-4-3-5-12(19)2/h6-7,9-10,12H,3-5,8H2,1-2H3/t12-/m1/s1. The number of aromatic nitrogens is 4. The molecule has 0 bridgehead atoms. The summed E-state index contributed by atoms with van der Waals surface area (Å²) in [5.74, 6) is 0. The second-order valence-electron chi connectivity index (χ2n) is 5.66. The van der Waals surface area contributed by atoms with Crippen LogP contribution in [0.2, 0.25) is 0 Å². The minimum Gasteiger partial charge on any atom is -0.207 e. The van der Waals surface area contributed by atoms with Gasteiger partial charge in [0.2, 0.25) is 10.0 Å². The first-order valence-corrected chi connectivity index (χ1v) is 8.80. The summed E-state index contributed by atoms with van der Waals surface area (Å²) in [6.07, 6.45) is 4.42. The summed E-state index contributed by atoms with van der Waals surface area (Å²) in [6.45, 7) is 4.42. The Labute approximate surface area is 130 Å². The van der Waals surface area contributed by atoms with Gasteiger partial charge in [-0.1, -0.05) is 6.42 Å². The molecule has 2 heterocycles. The van der Waals surface area contributed by atoms with Crippen molar-refractivity contribution in [2.75, 3.05) is 6.54 Å². The molecule has 1 fully saturated rings. The monoisotopic (exact) mass is 321 g/mol. The van der Waals surface area contributed by atoms with Crippen LogP contribution in [-0.4, -0.2) is 45.5 Å². The van der Waals surface area contributed by atoms with Crippen molar-refractivity contribution < 1.29 is 8.42 Å². The molecule has 3 rings (SSSR count).